The molecule has 2 aliphatic rings. The number of halogens is 1. The summed E-state index contributed by atoms with van der Waals surface area (Å²) in [5, 5.41) is 2.87. The van der Waals surface area contributed by atoms with E-state index in [4.69, 9.17) is 0 Å². The third kappa shape index (κ3) is 2.08. The fourth-order valence-corrected chi connectivity index (χ4v) is 2.61. The molecule has 78 valence electrons. The van der Waals surface area contributed by atoms with Gasteiger partial charge < -0.3 is 10.2 Å². The molecular formula is C9H13BrN2O2. The van der Waals surface area contributed by atoms with Gasteiger partial charge in [0.25, 0.3) is 0 Å². The van der Waals surface area contributed by atoms with Crippen molar-refractivity contribution in [2.45, 2.75) is 30.1 Å². The number of likely N-dealkylation sites (tertiary alicyclic amines) is 1. The molecule has 0 bridgehead atoms. The molecule has 14 heavy (non-hydrogen) atoms. The van der Waals surface area contributed by atoms with Crippen LogP contribution >= 0.6 is 15.9 Å². The van der Waals surface area contributed by atoms with Crippen LogP contribution in [-0.4, -0.2) is 40.7 Å². The van der Waals surface area contributed by atoms with E-state index >= 15 is 0 Å². The summed E-state index contributed by atoms with van der Waals surface area (Å²) in [5.74, 6) is 0.296. The molecule has 0 spiro atoms. The highest BCUT2D eigenvalue weighted by Gasteiger charge is 2.31. The number of carbonyl (C=O) groups excluding carboxylic acids is 2. The molecule has 2 rings (SSSR count). The number of nitrogens with zero attached hydrogens (tertiary/aromatic N) is 1. The maximum Gasteiger partial charge on any atom is 0.223 e. The normalized spacial score (nSPS) is 32.5. The van der Waals surface area contributed by atoms with Crippen LogP contribution in [0.4, 0.5) is 0 Å². The Morgan fingerprint density at radius 3 is 2.79 bits per heavy atom. The second-order valence-corrected chi connectivity index (χ2v) is 5.20. The molecule has 2 heterocycles. The van der Waals surface area contributed by atoms with Gasteiger partial charge in [-0.2, -0.15) is 0 Å². The number of hydrogen-bond donors (Lipinski definition) is 1. The summed E-state index contributed by atoms with van der Waals surface area (Å²) in [6.07, 6.45) is 2.04. The Kier molecular flexibility index (Phi) is 2.76. The average molecular weight is 261 g/mol. The standard InChI is InChI=1S/C9H13BrN2O2/c10-6-3-9(14)12(4-6)5-7-1-2-8(13)11-7/h6-7H,1-5H2,(H,11,13)/t6?,7-/m1/s1. The predicted molar refractivity (Wildman–Crippen MR) is 55.1 cm³/mol. The molecule has 2 saturated heterocycles. The van der Waals surface area contributed by atoms with Crippen LogP contribution in [0.3, 0.4) is 0 Å². The first-order valence-corrected chi connectivity index (χ1v) is 5.78. The maximum absolute atomic E-state index is 11.4. The zero-order valence-corrected chi connectivity index (χ0v) is 9.42. The van der Waals surface area contributed by atoms with Crippen LogP contribution < -0.4 is 5.32 Å². The van der Waals surface area contributed by atoms with Crippen LogP contribution in [-0.2, 0) is 9.59 Å². The molecule has 1 unspecified atom stereocenters. The van der Waals surface area contributed by atoms with Crippen molar-refractivity contribution >= 4 is 27.7 Å². The lowest BCUT2D eigenvalue weighted by molar-refractivity contribution is -0.128. The lowest BCUT2D eigenvalue weighted by Crippen LogP contribution is -2.39. The number of carbonyl (C=O) groups is 2. The Balaban J connectivity index is 1.86. The highest BCUT2D eigenvalue weighted by atomic mass is 79.9. The molecule has 2 atom stereocenters. The molecule has 0 aromatic rings. The summed E-state index contributed by atoms with van der Waals surface area (Å²) in [4.78, 5) is 24.5. The van der Waals surface area contributed by atoms with Gasteiger partial charge in [-0.15, -0.1) is 0 Å². The van der Waals surface area contributed by atoms with Gasteiger partial charge in [0, 0.05) is 36.8 Å². The Morgan fingerprint density at radius 1 is 1.50 bits per heavy atom. The van der Waals surface area contributed by atoms with E-state index in [0.717, 1.165) is 13.0 Å². The first-order chi connectivity index (χ1) is 6.65. The fraction of sp³-hybridized carbons (Fsp3) is 0.778. The lowest BCUT2D eigenvalue weighted by atomic mass is 10.2. The molecule has 1 N–H and O–H groups in total. The number of rotatable bonds is 2. The number of amides is 2. The first kappa shape index (κ1) is 9.96. The van der Waals surface area contributed by atoms with Gasteiger partial charge in [-0.05, 0) is 6.42 Å². The minimum atomic E-state index is 0.108. The summed E-state index contributed by atoms with van der Waals surface area (Å²) in [6.45, 7) is 1.44. The van der Waals surface area contributed by atoms with Crippen molar-refractivity contribution in [2.24, 2.45) is 0 Å². The molecule has 0 aliphatic carbocycles. The number of nitrogens with one attached hydrogen (secondary N) is 1. The molecule has 0 saturated carbocycles. The Labute approximate surface area is 91.1 Å². The molecule has 4 nitrogen and oxygen atoms in total. The van der Waals surface area contributed by atoms with Crippen LogP contribution in [0.25, 0.3) is 0 Å². The SMILES string of the molecule is O=C1CC[C@H](CN2CC(Br)CC2=O)N1. The van der Waals surface area contributed by atoms with Gasteiger partial charge in [-0.25, -0.2) is 0 Å². The number of alkyl halides is 1. The zero-order valence-electron chi connectivity index (χ0n) is 7.83. The van der Waals surface area contributed by atoms with E-state index in [-0.39, 0.29) is 22.7 Å². The monoisotopic (exact) mass is 260 g/mol. The second kappa shape index (κ2) is 3.88. The smallest absolute Gasteiger partial charge is 0.223 e. The number of hydrogen-bond acceptors (Lipinski definition) is 2. The Bertz CT molecular complexity index is 270. The molecule has 0 radical (unpaired) electrons. The average Bonchev–Trinajstić information content (AvgIpc) is 2.61. The van der Waals surface area contributed by atoms with Crippen molar-refractivity contribution in [3.63, 3.8) is 0 Å². The molecule has 0 aromatic heterocycles. The van der Waals surface area contributed by atoms with E-state index in [0.29, 0.717) is 19.4 Å². The van der Waals surface area contributed by atoms with Crippen molar-refractivity contribution in [2.75, 3.05) is 13.1 Å². The van der Waals surface area contributed by atoms with Gasteiger partial charge >= 0.3 is 0 Å². The van der Waals surface area contributed by atoms with Gasteiger partial charge in [0.15, 0.2) is 0 Å². The van der Waals surface area contributed by atoms with Crippen molar-refractivity contribution in [1.29, 1.82) is 0 Å². The van der Waals surface area contributed by atoms with Crippen LogP contribution in [0.5, 0.6) is 0 Å². The summed E-state index contributed by atoms with van der Waals surface area (Å²) in [5.41, 5.74) is 0. The molecule has 2 amide bonds. The second-order valence-electron chi connectivity index (χ2n) is 3.90. The van der Waals surface area contributed by atoms with E-state index in [1.165, 1.54) is 0 Å². The van der Waals surface area contributed by atoms with Crippen molar-refractivity contribution in [3.8, 4) is 0 Å². The van der Waals surface area contributed by atoms with E-state index in [2.05, 4.69) is 21.2 Å². The quantitative estimate of drug-likeness (QED) is 0.725. The highest BCUT2D eigenvalue weighted by Crippen LogP contribution is 2.19. The third-order valence-electron chi connectivity index (χ3n) is 2.69. The molecule has 0 aromatic carbocycles. The van der Waals surface area contributed by atoms with E-state index in [1.54, 1.807) is 0 Å². The highest BCUT2D eigenvalue weighted by molar-refractivity contribution is 9.09. The summed E-state index contributed by atoms with van der Waals surface area (Å²) in [7, 11) is 0. The fourth-order valence-electron chi connectivity index (χ4n) is 1.98. The lowest BCUT2D eigenvalue weighted by Gasteiger charge is -2.20. The van der Waals surface area contributed by atoms with Crippen LogP contribution in [0, 0.1) is 0 Å². The minimum absolute atomic E-state index is 0.108. The summed E-state index contributed by atoms with van der Waals surface area (Å²) in [6, 6.07) is 0.171. The summed E-state index contributed by atoms with van der Waals surface area (Å²) >= 11 is 3.43. The van der Waals surface area contributed by atoms with Gasteiger partial charge in [-0.1, -0.05) is 15.9 Å². The third-order valence-corrected chi connectivity index (χ3v) is 3.31. The van der Waals surface area contributed by atoms with Gasteiger partial charge in [0.05, 0.1) is 0 Å². The first-order valence-electron chi connectivity index (χ1n) is 4.86. The van der Waals surface area contributed by atoms with E-state index < -0.39 is 0 Å². The van der Waals surface area contributed by atoms with Gasteiger partial charge in [0.2, 0.25) is 11.8 Å². The van der Waals surface area contributed by atoms with Crippen LogP contribution in [0.2, 0.25) is 0 Å². The summed E-state index contributed by atoms with van der Waals surface area (Å²) < 4.78 is 0. The minimum Gasteiger partial charge on any atom is -0.352 e. The molecular weight excluding hydrogens is 248 g/mol. The van der Waals surface area contributed by atoms with Crippen molar-refractivity contribution in [3.05, 3.63) is 0 Å². The maximum atomic E-state index is 11.4. The zero-order chi connectivity index (χ0) is 10.1. The van der Waals surface area contributed by atoms with Gasteiger partial charge in [0.1, 0.15) is 0 Å². The van der Waals surface area contributed by atoms with Gasteiger partial charge in [-0.3, -0.25) is 9.59 Å². The van der Waals surface area contributed by atoms with Crippen molar-refractivity contribution < 1.29 is 9.59 Å². The van der Waals surface area contributed by atoms with Crippen LogP contribution in [0.1, 0.15) is 19.3 Å². The predicted octanol–water partition coefficient (Wildman–Crippen LogP) is 0.261. The van der Waals surface area contributed by atoms with Crippen LogP contribution in [0.15, 0.2) is 0 Å². The molecule has 2 fully saturated rings. The molecule has 5 heteroatoms. The van der Waals surface area contributed by atoms with Crippen molar-refractivity contribution in [1.82, 2.24) is 10.2 Å². The largest absolute Gasteiger partial charge is 0.352 e. The van der Waals surface area contributed by atoms with E-state index in [9.17, 15) is 9.59 Å². The topological polar surface area (TPSA) is 49.4 Å². The Hall–Kier alpha value is -0.580. The van der Waals surface area contributed by atoms with E-state index in [1.807, 2.05) is 4.90 Å². The molecule has 2 aliphatic heterocycles. The Morgan fingerprint density at radius 2 is 2.29 bits per heavy atom.